The van der Waals surface area contributed by atoms with Crippen molar-refractivity contribution in [3.63, 3.8) is 0 Å². The second-order valence-electron chi connectivity index (χ2n) is 7.01. The van der Waals surface area contributed by atoms with Gasteiger partial charge >= 0.3 is 0 Å². The monoisotopic (exact) mass is 359 g/mol. The van der Waals surface area contributed by atoms with Crippen LogP contribution >= 0.6 is 0 Å². The molecule has 4 heteroatoms. The third-order valence-electron chi connectivity index (χ3n) is 5.01. The van der Waals surface area contributed by atoms with E-state index in [1.54, 1.807) is 12.1 Å². The number of para-hydroxylation sites is 2. The van der Waals surface area contributed by atoms with Crippen molar-refractivity contribution in [2.75, 3.05) is 5.32 Å². The summed E-state index contributed by atoms with van der Waals surface area (Å²) in [6.07, 6.45) is -0.315. The first-order valence-electron chi connectivity index (χ1n) is 9.18. The van der Waals surface area contributed by atoms with E-state index < -0.39 is 6.10 Å². The van der Waals surface area contributed by atoms with Crippen LogP contribution in [0.3, 0.4) is 0 Å². The normalized spacial score (nSPS) is 16.9. The summed E-state index contributed by atoms with van der Waals surface area (Å²) in [4.78, 5) is 24.9. The Morgan fingerprint density at radius 3 is 2.67 bits per heavy atom. The quantitative estimate of drug-likeness (QED) is 0.719. The standard InChI is InChI=1S/C23H21NO3/c1-15(18-10-6-8-16-7-2-3-9-19(16)18)13-17(25)14-22-23(26)24-20-11-4-5-12-21(20)27-22/h2-12,15,22H,13-14H2,1H3,(H,24,26)/t15-,22?/m0/s1. The topological polar surface area (TPSA) is 55.4 Å². The van der Waals surface area contributed by atoms with Crippen LogP contribution < -0.4 is 10.1 Å². The minimum Gasteiger partial charge on any atom is -0.478 e. The smallest absolute Gasteiger partial charge is 0.266 e. The Balaban J connectivity index is 1.46. The van der Waals surface area contributed by atoms with Crippen LogP contribution in [0.4, 0.5) is 5.69 Å². The van der Waals surface area contributed by atoms with Gasteiger partial charge in [-0.1, -0.05) is 61.5 Å². The number of rotatable bonds is 5. The van der Waals surface area contributed by atoms with Gasteiger partial charge in [0.15, 0.2) is 6.10 Å². The molecule has 0 saturated carbocycles. The number of anilines is 1. The van der Waals surface area contributed by atoms with Crippen molar-refractivity contribution in [2.24, 2.45) is 0 Å². The Hall–Kier alpha value is -3.14. The largest absolute Gasteiger partial charge is 0.478 e. The average molecular weight is 359 g/mol. The number of benzene rings is 3. The zero-order valence-corrected chi connectivity index (χ0v) is 15.1. The third kappa shape index (κ3) is 3.56. The number of amides is 1. The first-order chi connectivity index (χ1) is 13.1. The molecule has 0 radical (unpaired) electrons. The maximum Gasteiger partial charge on any atom is 0.266 e. The number of hydrogen-bond donors (Lipinski definition) is 1. The van der Waals surface area contributed by atoms with Crippen molar-refractivity contribution in [3.05, 3.63) is 72.3 Å². The molecule has 4 rings (SSSR count). The lowest BCUT2D eigenvalue weighted by Crippen LogP contribution is -2.38. The molecule has 1 aliphatic heterocycles. The molecule has 0 aliphatic carbocycles. The fourth-order valence-corrected chi connectivity index (χ4v) is 3.65. The molecule has 27 heavy (non-hydrogen) atoms. The predicted molar refractivity (Wildman–Crippen MR) is 106 cm³/mol. The summed E-state index contributed by atoms with van der Waals surface area (Å²) in [6, 6.07) is 21.6. The molecule has 0 aromatic heterocycles. The summed E-state index contributed by atoms with van der Waals surface area (Å²) in [5, 5.41) is 5.14. The van der Waals surface area contributed by atoms with E-state index in [9.17, 15) is 9.59 Å². The van der Waals surface area contributed by atoms with Crippen molar-refractivity contribution >= 4 is 28.2 Å². The first kappa shape index (κ1) is 17.3. The van der Waals surface area contributed by atoms with Crippen LogP contribution in [0.1, 0.15) is 31.2 Å². The molecule has 136 valence electrons. The van der Waals surface area contributed by atoms with Gasteiger partial charge < -0.3 is 10.1 Å². The van der Waals surface area contributed by atoms with Crippen LogP contribution in [0.2, 0.25) is 0 Å². The van der Waals surface area contributed by atoms with E-state index in [2.05, 4.69) is 36.5 Å². The van der Waals surface area contributed by atoms with Crippen LogP contribution in [-0.2, 0) is 9.59 Å². The second-order valence-corrected chi connectivity index (χ2v) is 7.01. The summed E-state index contributed by atoms with van der Waals surface area (Å²) < 4.78 is 5.74. The lowest BCUT2D eigenvalue weighted by atomic mass is 9.90. The summed E-state index contributed by atoms with van der Waals surface area (Å²) in [5.74, 6) is 0.439. The fraction of sp³-hybridized carbons (Fsp3) is 0.217. The lowest BCUT2D eigenvalue weighted by molar-refractivity contribution is -0.129. The highest BCUT2D eigenvalue weighted by Crippen LogP contribution is 2.31. The van der Waals surface area contributed by atoms with E-state index in [0.717, 1.165) is 5.56 Å². The number of ketones is 1. The summed E-state index contributed by atoms with van der Waals surface area (Å²) in [6.45, 7) is 2.05. The molecule has 0 bridgehead atoms. The van der Waals surface area contributed by atoms with Gasteiger partial charge in [0.05, 0.1) is 12.1 Å². The van der Waals surface area contributed by atoms with Gasteiger partial charge in [0.25, 0.3) is 5.91 Å². The third-order valence-corrected chi connectivity index (χ3v) is 5.01. The molecule has 1 unspecified atom stereocenters. The molecule has 0 spiro atoms. The molecule has 3 aromatic rings. The molecular formula is C23H21NO3. The van der Waals surface area contributed by atoms with Gasteiger partial charge in [0.2, 0.25) is 0 Å². The van der Waals surface area contributed by atoms with Gasteiger partial charge in [-0.2, -0.15) is 0 Å². The van der Waals surface area contributed by atoms with E-state index in [1.165, 1.54) is 10.8 Å². The molecule has 1 heterocycles. The number of Topliss-reactive ketones (excluding diaryl/α,β-unsaturated/α-hetero) is 1. The summed E-state index contributed by atoms with van der Waals surface area (Å²) in [7, 11) is 0. The number of nitrogens with one attached hydrogen (secondary N) is 1. The molecule has 4 nitrogen and oxygen atoms in total. The number of carbonyl (C=O) groups is 2. The SMILES string of the molecule is C[C@@H](CC(=O)CC1Oc2ccccc2NC1=O)c1cccc2ccccc12. The average Bonchev–Trinajstić information content (AvgIpc) is 2.68. The molecule has 1 N–H and O–H groups in total. The van der Waals surface area contributed by atoms with E-state index in [-0.39, 0.29) is 24.0 Å². The van der Waals surface area contributed by atoms with Crippen molar-refractivity contribution in [2.45, 2.75) is 31.8 Å². The highest BCUT2D eigenvalue weighted by Gasteiger charge is 2.30. The van der Waals surface area contributed by atoms with Crippen LogP contribution in [0, 0.1) is 0 Å². The van der Waals surface area contributed by atoms with Crippen molar-refractivity contribution in [3.8, 4) is 5.75 Å². The number of hydrogen-bond acceptors (Lipinski definition) is 3. The van der Waals surface area contributed by atoms with Crippen LogP contribution in [0.25, 0.3) is 10.8 Å². The van der Waals surface area contributed by atoms with Gasteiger partial charge in [-0.15, -0.1) is 0 Å². The van der Waals surface area contributed by atoms with Gasteiger partial charge in [0, 0.05) is 6.42 Å². The Kier molecular flexibility index (Phi) is 4.63. The zero-order valence-electron chi connectivity index (χ0n) is 15.1. The molecule has 0 fully saturated rings. The highest BCUT2D eigenvalue weighted by atomic mass is 16.5. The maximum atomic E-state index is 12.6. The minimum atomic E-state index is -0.771. The van der Waals surface area contributed by atoms with Crippen LogP contribution in [0.5, 0.6) is 5.75 Å². The summed E-state index contributed by atoms with van der Waals surface area (Å²) in [5.41, 5.74) is 1.80. The van der Waals surface area contributed by atoms with Crippen molar-refractivity contribution in [1.82, 2.24) is 0 Å². The maximum absolute atomic E-state index is 12.6. The van der Waals surface area contributed by atoms with Gasteiger partial charge in [-0.25, -0.2) is 0 Å². The number of ether oxygens (including phenoxy) is 1. The Bertz CT molecular complexity index is 1010. The van der Waals surface area contributed by atoms with Gasteiger partial charge in [-0.05, 0) is 34.4 Å². The number of fused-ring (bicyclic) bond motifs is 2. The van der Waals surface area contributed by atoms with E-state index in [1.807, 2.05) is 30.3 Å². The van der Waals surface area contributed by atoms with E-state index in [0.29, 0.717) is 17.9 Å². The fourth-order valence-electron chi connectivity index (χ4n) is 3.65. The van der Waals surface area contributed by atoms with Crippen molar-refractivity contribution < 1.29 is 14.3 Å². The highest BCUT2D eigenvalue weighted by molar-refractivity contribution is 6.00. The molecular weight excluding hydrogens is 338 g/mol. The van der Waals surface area contributed by atoms with Gasteiger partial charge in [0.1, 0.15) is 11.5 Å². The molecule has 1 aliphatic rings. The first-order valence-corrected chi connectivity index (χ1v) is 9.18. The molecule has 0 saturated heterocycles. The molecule has 1 amide bonds. The van der Waals surface area contributed by atoms with E-state index in [4.69, 9.17) is 4.74 Å². The molecule has 3 aromatic carbocycles. The predicted octanol–water partition coefficient (Wildman–Crippen LogP) is 4.69. The second kappa shape index (κ2) is 7.23. The Morgan fingerprint density at radius 1 is 1.04 bits per heavy atom. The van der Waals surface area contributed by atoms with Crippen LogP contribution in [0.15, 0.2) is 66.7 Å². The number of carbonyl (C=O) groups excluding carboxylic acids is 2. The lowest BCUT2D eigenvalue weighted by Gasteiger charge is -2.25. The van der Waals surface area contributed by atoms with Crippen LogP contribution in [-0.4, -0.2) is 17.8 Å². The summed E-state index contributed by atoms with van der Waals surface area (Å²) >= 11 is 0. The Labute approximate surface area is 158 Å². The molecule has 2 atom stereocenters. The minimum absolute atomic E-state index is 0.0231. The van der Waals surface area contributed by atoms with E-state index >= 15 is 0 Å². The van der Waals surface area contributed by atoms with Crippen molar-refractivity contribution in [1.29, 1.82) is 0 Å². The zero-order chi connectivity index (χ0) is 18.8. The van der Waals surface area contributed by atoms with Gasteiger partial charge in [-0.3, -0.25) is 9.59 Å². The Morgan fingerprint density at radius 2 is 1.78 bits per heavy atom.